The van der Waals surface area contributed by atoms with E-state index in [1.54, 1.807) is 0 Å². The van der Waals surface area contributed by atoms with Crippen LogP contribution in [0.1, 0.15) is 52.4 Å². The smallest absolute Gasteiger partial charge is 0.302 e. The van der Waals surface area contributed by atoms with Gasteiger partial charge >= 0.3 is 5.97 Å². The van der Waals surface area contributed by atoms with Crippen LogP contribution in [0.25, 0.3) is 0 Å². The van der Waals surface area contributed by atoms with Crippen LogP contribution in [-0.2, 0) is 9.53 Å². The second kappa shape index (κ2) is 8.35. The topological polar surface area (TPSA) is 41.6 Å². The highest BCUT2D eigenvalue weighted by Crippen LogP contribution is 2.17. The molecule has 0 aromatic rings. The van der Waals surface area contributed by atoms with Crippen LogP contribution >= 0.6 is 12.2 Å². The molecule has 1 saturated heterocycles. The van der Waals surface area contributed by atoms with Crippen LogP contribution in [-0.4, -0.2) is 41.7 Å². The van der Waals surface area contributed by atoms with Gasteiger partial charge < -0.3 is 15.0 Å². The zero-order chi connectivity index (χ0) is 14.3. The monoisotopic (exact) mass is 286 g/mol. The number of carbonyl (C=O) groups is 1. The highest BCUT2D eigenvalue weighted by atomic mass is 32.1. The van der Waals surface area contributed by atoms with Gasteiger partial charge in [-0.25, -0.2) is 0 Å². The number of esters is 1. The van der Waals surface area contributed by atoms with Crippen molar-refractivity contribution >= 4 is 23.3 Å². The van der Waals surface area contributed by atoms with Gasteiger partial charge in [0.1, 0.15) is 6.10 Å². The summed E-state index contributed by atoms with van der Waals surface area (Å²) >= 11 is 5.18. The molecule has 1 rings (SSSR count). The Kier molecular flexibility index (Phi) is 7.13. The lowest BCUT2D eigenvalue weighted by Crippen LogP contribution is -2.31. The van der Waals surface area contributed by atoms with Gasteiger partial charge in [0.15, 0.2) is 5.11 Å². The lowest BCUT2D eigenvalue weighted by molar-refractivity contribution is -0.147. The van der Waals surface area contributed by atoms with E-state index in [0.717, 1.165) is 37.3 Å². The molecule has 1 aliphatic rings. The van der Waals surface area contributed by atoms with E-state index >= 15 is 0 Å². The third kappa shape index (κ3) is 5.76. The first-order chi connectivity index (χ1) is 9.04. The molecule has 0 aromatic heterocycles. The van der Waals surface area contributed by atoms with Gasteiger partial charge in [-0.2, -0.15) is 0 Å². The fourth-order valence-electron chi connectivity index (χ4n) is 2.43. The molecule has 0 aromatic carbocycles. The number of carbonyl (C=O) groups excluding carboxylic acids is 1. The first-order valence-corrected chi connectivity index (χ1v) is 7.63. The average molecular weight is 286 g/mol. The largest absolute Gasteiger partial charge is 0.463 e. The summed E-state index contributed by atoms with van der Waals surface area (Å²) in [5.74, 6) is -0.171. The van der Waals surface area contributed by atoms with Gasteiger partial charge in [0.05, 0.1) is 0 Å². The molecular formula is C14H26N2O2S. The predicted octanol–water partition coefficient (Wildman–Crippen LogP) is 2.47. The zero-order valence-electron chi connectivity index (χ0n) is 12.3. The van der Waals surface area contributed by atoms with E-state index < -0.39 is 0 Å². The standard InChI is InChI=1S/C14H26N2O2S/c1-4-5-6-7-13(18-11(2)17)9-8-12-10-15-14(19)16(12)3/h12-13H,4-10H2,1-3H3,(H,15,19). The molecule has 19 heavy (non-hydrogen) atoms. The minimum Gasteiger partial charge on any atom is -0.463 e. The minimum atomic E-state index is -0.171. The molecule has 2 atom stereocenters. The Balaban J connectivity index is 2.34. The Hall–Kier alpha value is -0.840. The van der Waals surface area contributed by atoms with E-state index in [0.29, 0.717) is 6.04 Å². The van der Waals surface area contributed by atoms with Crippen LogP contribution in [0, 0.1) is 0 Å². The van der Waals surface area contributed by atoms with E-state index in [1.807, 2.05) is 7.05 Å². The second-order valence-corrected chi connectivity index (χ2v) is 5.64. The van der Waals surface area contributed by atoms with Gasteiger partial charge in [0.2, 0.25) is 0 Å². The van der Waals surface area contributed by atoms with Crippen LogP contribution in [0.5, 0.6) is 0 Å². The zero-order valence-corrected chi connectivity index (χ0v) is 13.1. The van der Waals surface area contributed by atoms with Crippen molar-refractivity contribution in [2.75, 3.05) is 13.6 Å². The van der Waals surface area contributed by atoms with E-state index in [9.17, 15) is 4.79 Å². The van der Waals surface area contributed by atoms with Crippen LogP contribution in [0.2, 0.25) is 0 Å². The number of nitrogens with one attached hydrogen (secondary N) is 1. The summed E-state index contributed by atoms with van der Waals surface area (Å²) < 4.78 is 5.41. The molecule has 1 aliphatic heterocycles. The maximum Gasteiger partial charge on any atom is 0.302 e. The number of thiocarbonyl (C=S) groups is 1. The molecule has 0 amide bonds. The quantitative estimate of drug-likeness (QED) is 0.422. The molecule has 0 radical (unpaired) electrons. The third-order valence-corrected chi connectivity index (χ3v) is 4.07. The lowest BCUT2D eigenvalue weighted by Gasteiger charge is -2.22. The maximum absolute atomic E-state index is 11.1. The number of hydrogen-bond acceptors (Lipinski definition) is 3. The SMILES string of the molecule is CCCCCC(CCC1CNC(=S)N1C)OC(C)=O. The first kappa shape index (κ1) is 16.2. The number of likely N-dealkylation sites (N-methyl/N-ethyl adjacent to an activating group) is 1. The van der Waals surface area contributed by atoms with Crippen LogP contribution < -0.4 is 5.32 Å². The van der Waals surface area contributed by atoms with Crippen molar-refractivity contribution in [3.8, 4) is 0 Å². The molecule has 1 fully saturated rings. The van der Waals surface area contributed by atoms with Crippen molar-refractivity contribution in [3.05, 3.63) is 0 Å². The normalized spacial score (nSPS) is 20.3. The van der Waals surface area contributed by atoms with Gasteiger partial charge in [-0.05, 0) is 37.9 Å². The Morgan fingerprint density at radius 1 is 1.53 bits per heavy atom. The van der Waals surface area contributed by atoms with Crippen LogP contribution in [0.3, 0.4) is 0 Å². The van der Waals surface area contributed by atoms with E-state index in [1.165, 1.54) is 19.8 Å². The van der Waals surface area contributed by atoms with Crippen molar-refractivity contribution in [2.24, 2.45) is 0 Å². The minimum absolute atomic E-state index is 0.0617. The van der Waals surface area contributed by atoms with Crippen molar-refractivity contribution < 1.29 is 9.53 Å². The molecular weight excluding hydrogens is 260 g/mol. The lowest BCUT2D eigenvalue weighted by atomic mass is 10.0. The highest BCUT2D eigenvalue weighted by Gasteiger charge is 2.25. The summed E-state index contributed by atoms with van der Waals surface area (Å²) in [7, 11) is 2.02. The van der Waals surface area contributed by atoms with Crippen molar-refractivity contribution in [1.82, 2.24) is 10.2 Å². The fourth-order valence-corrected chi connectivity index (χ4v) is 2.66. The van der Waals surface area contributed by atoms with Crippen LogP contribution in [0.4, 0.5) is 0 Å². The molecule has 0 saturated carbocycles. The summed E-state index contributed by atoms with van der Waals surface area (Å²) in [4.78, 5) is 13.2. The predicted molar refractivity (Wildman–Crippen MR) is 81.1 cm³/mol. The van der Waals surface area contributed by atoms with Gasteiger partial charge in [-0.1, -0.05) is 19.8 Å². The van der Waals surface area contributed by atoms with Gasteiger partial charge in [0.25, 0.3) is 0 Å². The fraction of sp³-hybridized carbons (Fsp3) is 0.857. The van der Waals surface area contributed by atoms with Crippen molar-refractivity contribution in [1.29, 1.82) is 0 Å². The molecule has 110 valence electrons. The van der Waals surface area contributed by atoms with Crippen molar-refractivity contribution in [3.63, 3.8) is 0 Å². The van der Waals surface area contributed by atoms with Gasteiger partial charge in [-0.15, -0.1) is 0 Å². The molecule has 4 nitrogen and oxygen atoms in total. The van der Waals surface area contributed by atoms with E-state index in [-0.39, 0.29) is 12.1 Å². The second-order valence-electron chi connectivity index (χ2n) is 5.26. The summed E-state index contributed by atoms with van der Waals surface area (Å²) in [5.41, 5.74) is 0. The summed E-state index contributed by atoms with van der Waals surface area (Å²) in [5, 5.41) is 4.01. The Labute approximate surface area is 121 Å². The first-order valence-electron chi connectivity index (χ1n) is 7.22. The molecule has 0 bridgehead atoms. The third-order valence-electron chi connectivity index (χ3n) is 3.64. The maximum atomic E-state index is 11.1. The Morgan fingerprint density at radius 2 is 2.26 bits per heavy atom. The summed E-state index contributed by atoms with van der Waals surface area (Å²) in [6.07, 6.45) is 6.49. The summed E-state index contributed by atoms with van der Waals surface area (Å²) in [6.45, 7) is 4.57. The van der Waals surface area contributed by atoms with E-state index in [4.69, 9.17) is 17.0 Å². The van der Waals surface area contributed by atoms with Crippen LogP contribution in [0.15, 0.2) is 0 Å². The number of nitrogens with zero attached hydrogens (tertiary/aromatic N) is 1. The van der Waals surface area contributed by atoms with Gasteiger partial charge in [0, 0.05) is 26.6 Å². The average Bonchev–Trinajstić information content (AvgIpc) is 2.67. The molecule has 1 N–H and O–H groups in total. The number of rotatable bonds is 8. The highest BCUT2D eigenvalue weighted by molar-refractivity contribution is 7.80. The molecule has 2 unspecified atom stereocenters. The Bertz CT molecular complexity index is 310. The van der Waals surface area contributed by atoms with Gasteiger partial charge in [-0.3, -0.25) is 4.79 Å². The molecule has 5 heteroatoms. The molecule has 0 aliphatic carbocycles. The Morgan fingerprint density at radius 3 is 2.79 bits per heavy atom. The molecule has 1 heterocycles. The number of hydrogen-bond donors (Lipinski definition) is 1. The number of unbranched alkanes of at least 4 members (excludes halogenated alkanes) is 2. The number of ether oxygens (including phenoxy) is 1. The van der Waals surface area contributed by atoms with E-state index in [2.05, 4.69) is 17.1 Å². The summed E-state index contributed by atoms with van der Waals surface area (Å²) in [6, 6.07) is 0.428. The van der Waals surface area contributed by atoms with Crippen molar-refractivity contribution in [2.45, 2.75) is 64.5 Å². The molecule has 0 spiro atoms.